The summed E-state index contributed by atoms with van der Waals surface area (Å²) in [5, 5.41) is 1.27. The van der Waals surface area contributed by atoms with Gasteiger partial charge in [-0.25, -0.2) is 4.98 Å². The van der Waals surface area contributed by atoms with Crippen molar-refractivity contribution in [2.24, 2.45) is 5.73 Å². The number of fused-ring (bicyclic) bond motifs is 2. The molecular weight excluding hydrogens is 306 g/mol. The molecule has 1 aliphatic heterocycles. The Morgan fingerprint density at radius 1 is 1.08 bits per heavy atom. The van der Waals surface area contributed by atoms with E-state index in [4.69, 9.17) is 10.7 Å². The number of aryl methyl sites for hydroxylation is 1. The smallest absolute Gasteiger partial charge is 0.129 e. The molecule has 1 aromatic heterocycles. The van der Waals surface area contributed by atoms with Crippen LogP contribution in [-0.2, 0) is 6.42 Å². The van der Waals surface area contributed by atoms with Crippen molar-refractivity contribution < 1.29 is 0 Å². The molecule has 0 amide bonds. The molecule has 1 aromatic carbocycles. The zero-order chi connectivity index (χ0) is 17.1. The maximum atomic E-state index is 5.76. The van der Waals surface area contributed by atoms with Gasteiger partial charge in [-0.15, -0.1) is 0 Å². The lowest BCUT2D eigenvalue weighted by Gasteiger charge is -2.24. The summed E-state index contributed by atoms with van der Waals surface area (Å²) in [6, 6.07) is 10.8. The normalized spacial score (nSPS) is 17.7. The standard InChI is InChI=1S/C22H27N3/c23-13-5-9-18-15-22(24-21-12-4-3-11-20(18)21)25-14-6-10-17-7-1-2-8-19(17)16-25/h3-4,7-8,11-12,15H,1-2,5-6,9-10,13-14,16,23H2. The van der Waals surface area contributed by atoms with E-state index >= 15 is 0 Å². The van der Waals surface area contributed by atoms with Crippen LogP contribution in [0.1, 0.15) is 37.7 Å². The van der Waals surface area contributed by atoms with Gasteiger partial charge < -0.3 is 10.6 Å². The molecule has 1 saturated heterocycles. The van der Waals surface area contributed by atoms with Gasteiger partial charge in [-0.3, -0.25) is 0 Å². The molecule has 130 valence electrons. The SMILES string of the molecule is NCCCc1cc(N2CCCC3=CCCC=C3C2)nc2ccccc12. The zero-order valence-corrected chi connectivity index (χ0v) is 14.9. The molecule has 0 bridgehead atoms. The Kier molecular flexibility index (Phi) is 4.84. The number of para-hydroxylation sites is 1. The van der Waals surface area contributed by atoms with Crippen molar-refractivity contribution in [3.63, 3.8) is 0 Å². The maximum absolute atomic E-state index is 5.76. The highest BCUT2D eigenvalue weighted by atomic mass is 15.2. The van der Waals surface area contributed by atoms with Gasteiger partial charge in [0.25, 0.3) is 0 Å². The third-order valence-electron chi connectivity index (χ3n) is 5.36. The first-order chi connectivity index (χ1) is 12.3. The molecule has 4 rings (SSSR count). The summed E-state index contributed by atoms with van der Waals surface area (Å²) < 4.78 is 0. The number of anilines is 1. The van der Waals surface area contributed by atoms with Gasteiger partial charge in [-0.1, -0.05) is 30.4 Å². The molecule has 1 fully saturated rings. The minimum Gasteiger partial charge on any atom is -0.352 e. The molecule has 0 radical (unpaired) electrons. The van der Waals surface area contributed by atoms with Crippen molar-refractivity contribution in [1.82, 2.24) is 4.98 Å². The summed E-state index contributed by atoms with van der Waals surface area (Å²) in [5.74, 6) is 1.12. The van der Waals surface area contributed by atoms with Crippen LogP contribution in [0, 0.1) is 0 Å². The molecule has 0 spiro atoms. The monoisotopic (exact) mass is 333 g/mol. The third-order valence-corrected chi connectivity index (χ3v) is 5.36. The minimum absolute atomic E-state index is 0.733. The number of hydrogen-bond acceptors (Lipinski definition) is 3. The summed E-state index contributed by atoms with van der Waals surface area (Å²) >= 11 is 0. The van der Waals surface area contributed by atoms with Crippen LogP contribution in [0.2, 0.25) is 0 Å². The highest BCUT2D eigenvalue weighted by Gasteiger charge is 2.20. The molecule has 3 nitrogen and oxygen atoms in total. The van der Waals surface area contributed by atoms with Gasteiger partial charge in [0.15, 0.2) is 0 Å². The second-order valence-corrected chi connectivity index (χ2v) is 7.11. The summed E-state index contributed by atoms with van der Waals surface area (Å²) in [5.41, 5.74) is 11.3. The van der Waals surface area contributed by atoms with E-state index in [2.05, 4.69) is 47.4 Å². The number of rotatable bonds is 4. The van der Waals surface area contributed by atoms with Gasteiger partial charge >= 0.3 is 0 Å². The van der Waals surface area contributed by atoms with Crippen LogP contribution in [0.3, 0.4) is 0 Å². The van der Waals surface area contributed by atoms with Crippen molar-refractivity contribution in [3.05, 3.63) is 59.2 Å². The molecule has 2 aromatic rings. The van der Waals surface area contributed by atoms with E-state index in [1.807, 2.05) is 0 Å². The van der Waals surface area contributed by atoms with E-state index in [0.29, 0.717) is 0 Å². The zero-order valence-electron chi connectivity index (χ0n) is 14.9. The number of hydrogen-bond donors (Lipinski definition) is 1. The van der Waals surface area contributed by atoms with Crippen LogP contribution in [0.4, 0.5) is 5.82 Å². The van der Waals surface area contributed by atoms with Gasteiger partial charge in [-0.05, 0) is 73.9 Å². The van der Waals surface area contributed by atoms with E-state index < -0.39 is 0 Å². The van der Waals surface area contributed by atoms with Crippen LogP contribution >= 0.6 is 0 Å². The fourth-order valence-electron chi connectivity index (χ4n) is 4.04. The summed E-state index contributed by atoms with van der Waals surface area (Å²) in [6.45, 7) is 2.81. The van der Waals surface area contributed by atoms with Crippen LogP contribution < -0.4 is 10.6 Å². The largest absolute Gasteiger partial charge is 0.352 e. The van der Waals surface area contributed by atoms with E-state index in [1.54, 1.807) is 5.57 Å². The molecule has 2 heterocycles. The molecule has 0 unspecified atom stereocenters. The lowest BCUT2D eigenvalue weighted by atomic mass is 9.95. The number of aromatic nitrogens is 1. The van der Waals surface area contributed by atoms with E-state index in [-0.39, 0.29) is 0 Å². The number of benzene rings is 1. The highest BCUT2D eigenvalue weighted by Crippen LogP contribution is 2.30. The first-order valence-corrected chi connectivity index (χ1v) is 9.57. The average molecular weight is 333 g/mol. The number of nitrogens with two attached hydrogens (primary N) is 1. The summed E-state index contributed by atoms with van der Waals surface area (Å²) in [7, 11) is 0. The second-order valence-electron chi connectivity index (χ2n) is 7.11. The van der Waals surface area contributed by atoms with Crippen molar-refractivity contribution in [1.29, 1.82) is 0 Å². The lowest BCUT2D eigenvalue weighted by molar-refractivity contribution is 0.785. The molecule has 1 aliphatic carbocycles. The fourth-order valence-corrected chi connectivity index (χ4v) is 4.04. The molecule has 0 saturated carbocycles. The molecule has 2 N–H and O–H groups in total. The van der Waals surface area contributed by atoms with Crippen LogP contribution in [0.5, 0.6) is 0 Å². The van der Waals surface area contributed by atoms with Gasteiger partial charge in [0, 0.05) is 18.5 Å². The number of allylic oxidation sites excluding steroid dienone is 2. The first-order valence-electron chi connectivity index (χ1n) is 9.57. The van der Waals surface area contributed by atoms with E-state index in [0.717, 1.165) is 43.8 Å². The fraction of sp³-hybridized carbons (Fsp3) is 0.409. The van der Waals surface area contributed by atoms with Crippen molar-refractivity contribution >= 4 is 16.7 Å². The summed E-state index contributed by atoms with van der Waals surface area (Å²) in [6.07, 6.45) is 11.7. The predicted octanol–water partition coefficient (Wildman–Crippen LogP) is 4.37. The van der Waals surface area contributed by atoms with Crippen LogP contribution in [0.15, 0.2) is 53.6 Å². The second kappa shape index (κ2) is 7.40. The van der Waals surface area contributed by atoms with Gasteiger partial charge in [0.05, 0.1) is 5.52 Å². The molecule has 0 atom stereocenters. The quantitative estimate of drug-likeness (QED) is 0.903. The Labute approximate surface area is 150 Å². The first kappa shape index (κ1) is 16.3. The Morgan fingerprint density at radius 2 is 1.92 bits per heavy atom. The molecular formula is C22H27N3. The van der Waals surface area contributed by atoms with Crippen molar-refractivity contribution in [3.8, 4) is 0 Å². The number of nitrogens with zero attached hydrogens (tertiary/aromatic N) is 2. The van der Waals surface area contributed by atoms with Gasteiger partial charge in [0.1, 0.15) is 5.82 Å². The Bertz CT molecular complexity index is 819. The summed E-state index contributed by atoms with van der Waals surface area (Å²) in [4.78, 5) is 7.46. The molecule has 3 heteroatoms. The minimum atomic E-state index is 0.733. The van der Waals surface area contributed by atoms with E-state index in [9.17, 15) is 0 Å². The van der Waals surface area contributed by atoms with Crippen molar-refractivity contribution in [2.75, 3.05) is 24.5 Å². The Hall–Kier alpha value is -2.13. The Balaban J connectivity index is 1.70. The molecule has 25 heavy (non-hydrogen) atoms. The Morgan fingerprint density at radius 3 is 2.80 bits per heavy atom. The third kappa shape index (κ3) is 3.47. The molecule has 2 aliphatic rings. The van der Waals surface area contributed by atoms with E-state index in [1.165, 1.54) is 42.2 Å². The highest BCUT2D eigenvalue weighted by molar-refractivity contribution is 5.84. The van der Waals surface area contributed by atoms with Gasteiger partial charge in [0.2, 0.25) is 0 Å². The lowest BCUT2D eigenvalue weighted by Crippen LogP contribution is -2.26. The topological polar surface area (TPSA) is 42.1 Å². The predicted molar refractivity (Wildman–Crippen MR) is 106 cm³/mol. The van der Waals surface area contributed by atoms with Crippen molar-refractivity contribution in [2.45, 2.75) is 38.5 Å². The maximum Gasteiger partial charge on any atom is 0.129 e. The van der Waals surface area contributed by atoms with Crippen LogP contribution in [0.25, 0.3) is 10.9 Å². The van der Waals surface area contributed by atoms with Crippen LogP contribution in [-0.4, -0.2) is 24.6 Å². The van der Waals surface area contributed by atoms with Gasteiger partial charge in [-0.2, -0.15) is 0 Å². The number of pyridine rings is 1. The average Bonchev–Trinajstić information content (AvgIpc) is 2.88.